The van der Waals surface area contributed by atoms with E-state index in [-0.39, 0.29) is 18.2 Å². The first-order valence-corrected chi connectivity index (χ1v) is 8.84. The minimum Gasteiger partial charge on any atom is -0.497 e. The molecule has 28 heavy (non-hydrogen) atoms. The van der Waals surface area contributed by atoms with Crippen LogP contribution in [0.25, 0.3) is 0 Å². The molecule has 0 bridgehead atoms. The molecule has 0 aliphatic carbocycles. The van der Waals surface area contributed by atoms with Crippen LogP contribution >= 0.6 is 0 Å². The molecule has 0 radical (unpaired) electrons. The normalized spacial score (nSPS) is 11.2. The number of esters is 1. The molecular formula is C21H24N2O5. The topological polar surface area (TPSA) is 93.7 Å². The van der Waals surface area contributed by atoms with Crippen LogP contribution in [0.1, 0.15) is 25.0 Å². The van der Waals surface area contributed by atoms with Gasteiger partial charge in [-0.25, -0.2) is 0 Å². The van der Waals surface area contributed by atoms with Crippen molar-refractivity contribution in [2.45, 2.75) is 32.9 Å². The molecule has 0 unspecified atom stereocenters. The molecule has 0 aromatic heterocycles. The maximum absolute atomic E-state index is 12.1. The average Bonchev–Trinajstić information content (AvgIpc) is 2.67. The quantitative estimate of drug-likeness (QED) is 0.682. The predicted octanol–water partition coefficient (Wildman–Crippen LogP) is 2.44. The van der Waals surface area contributed by atoms with Gasteiger partial charge in [-0.3, -0.25) is 14.4 Å². The minimum atomic E-state index is -0.899. The first-order chi connectivity index (χ1) is 13.4. The molecule has 0 aliphatic rings. The van der Waals surface area contributed by atoms with Gasteiger partial charge in [-0.1, -0.05) is 24.3 Å². The van der Waals surface area contributed by atoms with Gasteiger partial charge in [-0.2, -0.15) is 0 Å². The van der Waals surface area contributed by atoms with Crippen LogP contribution in [0.2, 0.25) is 0 Å². The Bertz CT molecular complexity index is 816. The van der Waals surface area contributed by atoms with E-state index in [1.54, 1.807) is 31.4 Å². The van der Waals surface area contributed by atoms with Gasteiger partial charge in [0.1, 0.15) is 5.75 Å². The fourth-order valence-corrected chi connectivity index (χ4v) is 2.44. The zero-order valence-corrected chi connectivity index (χ0v) is 16.2. The smallest absolute Gasteiger partial charge is 0.311 e. The summed E-state index contributed by atoms with van der Waals surface area (Å²) in [6, 6.07) is 14.2. The molecule has 2 amide bonds. The van der Waals surface area contributed by atoms with E-state index in [1.807, 2.05) is 24.3 Å². The molecule has 2 aromatic rings. The summed E-state index contributed by atoms with van der Waals surface area (Å²) < 4.78 is 10.3. The Hall–Kier alpha value is -3.35. The number of nitrogens with one attached hydrogen (secondary N) is 2. The van der Waals surface area contributed by atoms with E-state index in [0.717, 1.165) is 16.9 Å². The Morgan fingerprint density at radius 2 is 1.57 bits per heavy atom. The number of rotatable bonds is 8. The SMILES string of the molecule is COc1ccc(CNC(=O)[C@H](C)OC(=O)Cc2ccc(NC(C)=O)cc2)cc1. The number of hydrogen-bond acceptors (Lipinski definition) is 5. The fraction of sp³-hybridized carbons (Fsp3) is 0.286. The molecule has 0 fully saturated rings. The Kier molecular flexibility index (Phi) is 7.56. The van der Waals surface area contributed by atoms with Crippen molar-refractivity contribution in [3.63, 3.8) is 0 Å². The van der Waals surface area contributed by atoms with Crippen LogP contribution in [-0.4, -0.2) is 31.0 Å². The molecule has 0 saturated carbocycles. The maximum Gasteiger partial charge on any atom is 0.311 e. The summed E-state index contributed by atoms with van der Waals surface area (Å²) in [5, 5.41) is 5.39. The molecule has 148 valence electrons. The van der Waals surface area contributed by atoms with Crippen molar-refractivity contribution in [3.05, 3.63) is 59.7 Å². The molecule has 0 saturated heterocycles. The van der Waals surface area contributed by atoms with Crippen LogP contribution in [0.15, 0.2) is 48.5 Å². The Balaban J connectivity index is 1.78. The summed E-state index contributed by atoms with van der Waals surface area (Å²) in [6.45, 7) is 3.28. The predicted molar refractivity (Wildman–Crippen MR) is 105 cm³/mol. The van der Waals surface area contributed by atoms with Crippen LogP contribution in [0.3, 0.4) is 0 Å². The van der Waals surface area contributed by atoms with Crippen molar-refractivity contribution in [1.82, 2.24) is 5.32 Å². The number of benzene rings is 2. The molecule has 0 heterocycles. The summed E-state index contributed by atoms with van der Waals surface area (Å²) in [7, 11) is 1.59. The van der Waals surface area contributed by atoms with Crippen molar-refractivity contribution in [1.29, 1.82) is 0 Å². The lowest BCUT2D eigenvalue weighted by molar-refractivity contribution is -0.154. The third kappa shape index (κ3) is 6.75. The second-order valence-electron chi connectivity index (χ2n) is 6.25. The zero-order valence-electron chi connectivity index (χ0n) is 16.2. The number of anilines is 1. The molecule has 2 aromatic carbocycles. The summed E-state index contributed by atoms with van der Waals surface area (Å²) in [5.74, 6) is -0.298. The molecule has 1 atom stereocenters. The minimum absolute atomic E-state index is 0.0381. The van der Waals surface area contributed by atoms with Crippen LogP contribution in [0, 0.1) is 0 Å². The van der Waals surface area contributed by atoms with Crippen LogP contribution in [0.4, 0.5) is 5.69 Å². The number of carbonyl (C=O) groups is 3. The Morgan fingerprint density at radius 3 is 2.14 bits per heavy atom. The monoisotopic (exact) mass is 384 g/mol. The van der Waals surface area contributed by atoms with Gasteiger partial charge in [0.05, 0.1) is 13.5 Å². The highest BCUT2D eigenvalue weighted by atomic mass is 16.5. The average molecular weight is 384 g/mol. The van der Waals surface area contributed by atoms with Crippen molar-refractivity contribution in [2.75, 3.05) is 12.4 Å². The van der Waals surface area contributed by atoms with Crippen LogP contribution < -0.4 is 15.4 Å². The van der Waals surface area contributed by atoms with Gasteiger partial charge in [0.25, 0.3) is 5.91 Å². The number of amides is 2. The lowest BCUT2D eigenvalue weighted by Gasteiger charge is -2.14. The highest BCUT2D eigenvalue weighted by Gasteiger charge is 2.17. The van der Waals surface area contributed by atoms with Gasteiger partial charge in [-0.05, 0) is 42.3 Å². The molecule has 2 N–H and O–H groups in total. The van der Waals surface area contributed by atoms with Gasteiger partial charge in [0, 0.05) is 19.2 Å². The van der Waals surface area contributed by atoms with Crippen molar-refractivity contribution >= 4 is 23.5 Å². The second-order valence-corrected chi connectivity index (χ2v) is 6.25. The van der Waals surface area contributed by atoms with Crippen LogP contribution in [-0.2, 0) is 32.1 Å². The van der Waals surface area contributed by atoms with E-state index in [0.29, 0.717) is 12.2 Å². The van der Waals surface area contributed by atoms with Crippen molar-refractivity contribution in [3.8, 4) is 5.75 Å². The maximum atomic E-state index is 12.1. The largest absolute Gasteiger partial charge is 0.497 e. The van der Waals surface area contributed by atoms with E-state index in [4.69, 9.17) is 9.47 Å². The van der Waals surface area contributed by atoms with Gasteiger partial charge in [-0.15, -0.1) is 0 Å². The summed E-state index contributed by atoms with van der Waals surface area (Å²) >= 11 is 0. The Labute approximate surface area is 164 Å². The van der Waals surface area contributed by atoms with Gasteiger partial charge >= 0.3 is 5.97 Å². The van der Waals surface area contributed by atoms with E-state index in [1.165, 1.54) is 13.8 Å². The number of carbonyl (C=O) groups excluding carboxylic acids is 3. The first-order valence-electron chi connectivity index (χ1n) is 8.84. The zero-order chi connectivity index (χ0) is 20.5. The molecule has 0 spiro atoms. The van der Waals surface area contributed by atoms with Crippen molar-refractivity contribution < 1.29 is 23.9 Å². The third-order valence-electron chi connectivity index (χ3n) is 3.93. The first kappa shape index (κ1) is 21.0. The van der Waals surface area contributed by atoms with Gasteiger partial charge < -0.3 is 20.1 Å². The summed E-state index contributed by atoms with van der Waals surface area (Å²) in [5.41, 5.74) is 2.28. The third-order valence-corrected chi connectivity index (χ3v) is 3.93. The lowest BCUT2D eigenvalue weighted by Crippen LogP contribution is -2.35. The van der Waals surface area contributed by atoms with E-state index < -0.39 is 12.1 Å². The summed E-state index contributed by atoms with van der Waals surface area (Å²) in [6.07, 6.45) is -0.861. The van der Waals surface area contributed by atoms with Crippen LogP contribution in [0.5, 0.6) is 5.75 Å². The van der Waals surface area contributed by atoms with Gasteiger partial charge in [0.2, 0.25) is 5.91 Å². The van der Waals surface area contributed by atoms with E-state index >= 15 is 0 Å². The summed E-state index contributed by atoms with van der Waals surface area (Å²) in [4.78, 5) is 35.2. The molecular weight excluding hydrogens is 360 g/mol. The van der Waals surface area contributed by atoms with E-state index in [2.05, 4.69) is 10.6 Å². The van der Waals surface area contributed by atoms with Crippen molar-refractivity contribution in [2.24, 2.45) is 0 Å². The molecule has 0 aliphatic heterocycles. The fourth-order valence-electron chi connectivity index (χ4n) is 2.44. The number of hydrogen-bond donors (Lipinski definition) is 2. The highest BCUT2D eigenvalue weighted by molar-refractivity contribution is 5.88. The second kappa shape index (κ2) is 10.1. The molecule has 7 nitrogen and oxygen atoms in total. The highest BCUT2D eigenvalue weighted by Crippen LogP contribution is 2.12. The van der Waals surface area contributed by atoms with Gasteiger partial charge in [0.15, 0.2) is 6.10 Å². The Morgan fingerprint density at radius 1 is 0.964 bits per heavy atom. The molecule has 2 rings (SSSR count). The molecule has 7 heteroatoms. The number of methoxy groups -OCH3 is 1. The number of ether oxygens (including phenoxy) is 2. The lowest BCUT2D eigenvalue weighted by atomic mass is 10.1. The standard InChI is InChI=1S/C21H24N2O5/c1-14(21(26)22-13-17-6-10-19(27-3)11-7-17)28-20(25)12-16-4-8-18(9-5-16)23-15(2)24/h4-11,14H,12-13H2,1-3H3,(H,22,26)(H,23,24)/t14-/m0/s1. The van der Waals surface area contributed by atoms with E-state index in [9.17, 15) is 14.4 Å².